The van der Waals surface area contributed by atoms with Crippen molar-refractivity contribution >= 4 is 17.8 Å². The van der Waals surface area contributed by atoms with Crippen molar-refractivity contribution < 1.29 is 23.9 Å². The minimum Gasteiger partial charge on any atom is -0.462 e. The van der Waals surface area contributed by atoms with Gasteiger partial charge in [0, 0.05) is 24.5 Å². The van der Waals surface area contributed by atoms with Crippen molar-refractivity contribution in [3.63, 3.8) is 0 Å². The van der Waals surface area contributed by atoms with E-state index in [1.54, 1.807) is 0 Å². The van der Waals surface area contributed by atoms with E-state index in [0.717, 1.165) is 44.3 Å². The molecule has 61 heavy (non-hydrogen) atoms. The van der Waals surface area contributed by atoms with Gasteiger partial charge in [0.2, 0.25) is 5.91 Å². The fraction of sp³-hybridized carbons (Fsp3) is 0.833. The Kier molecular flexibility index (Phi) is 11.2. The molecule has 1 aromatic carbocycles. The molecule has 2 heterocycles. The van der Waals surface area contributed by atoms with Gasteiger partial charge in [-0.25, -0.2) is 0 Å². The summed E-state index contributed by atoms with van der Waals surface area (Å²) in [6.45, 7) is 26.6. The average Bonchev–Trinajstić information content (AvgIpc) is 4.00. The SMILES string of the molecule is CC(C)[C@@H]1CC[C@]2(C(=O)N3CCC[C@H]3CN3CCCC3)CC[C@]3(C)[C@H](CC[C@@H]4[C@@]5(C)CC[C@H](OC(=O)[C@H]6C[C@@H](C(=O)OCc7ccccc7)C6(C)C)C(C)(C)[C@@H]5CC[C@]43C)[C@@H]12. The molecule has 2 saturated heterocycles. The average molecular weight is 839 g/mol. The van der Waals surface area contributed by atoms with Crippen LogP contribution >= 0.6 is 0 Å². The zero-order valence-electron chi connectivity index (χ0n) is 39.7. The van der Waals surface area contributed by atoms with E-state index in [2.05, 4.69) is 58.3 Å². The molecule has 0 bridgehead atoms. The van der Waals surface area contributed by atoms with Gasteiger partial charge in [-0.15, -0.1) is 0 Å². The van der Waals surface area contributed by atoms with Gasteiger partial charge in [0.1, 0.15) is 12.7 Å². The number of hydrogen-bond acceptors (Lipinski definition) is 6. The molecule has 1 amide bonds. The number of hydrogen-bond donors (Lipinski definition) is 0. The second-order valence-corrected chi connectivity index (χ2v) is 24.6. The van der Waals surface area contributed by atoms with E-state index in [9.17, 15) is 9.59 Å². The number of benzene rings is 1. The Balaban J connectivity index is 0.897. The van der Waals surface area contributed by atoms with Crippen LogP contribution in [0.3, 0.4) is 0 Å². The Bertz CT molecular complexity index is 1820. The van der Waals surface area contributed by atoms with Crippen molar-refractivity contribution in [2.45, 2.75) is 177 Å². The molecule has 7 nitrogen and oxygen atoms in total. The maximum absolute atomic E-state index is 15.4. The van der Waals surface area contributed by atoms with Crippen LogP contribution in [0.1, 0.15) is 164 Å². The lowest BCUT2D eigenvalue weighted by molar-refractivity contribution is -0.252. The quantitative estimate of drug-likeness (QED) is 0.231. The zero-order chi connectivity index (χ0) is 43.3. The van der Waals surface area contributed by atoms with Gasteiger partial charge in [-0.05, 0) is 172 Å². The van der Waals surface area contributed by atoms with E-state index < -0.39 is 5.41 Å². The van der Waals surface area contributed by atoms with Gasteiger partial charge in [-0.2, -0.15) is 0 Å². The van der Waals surface area contributed by atoms with Crippen LogP contribution in [-0.4, -0.2) is 66.0 Å². The van der Waals surface area contributed by atoms with Crippen LogP contribution < -0.4 is 0 Å². The van der Waals surface area contributed by atoms with Crippen LogP contribution in [-0.2, 0) is 30.5 Å². The lowest BCUT2D eigenvalue weighted by atomic mass is 9.32. The topological polar surface area (TPSA) is 76.2 Å². The number of nitrogens with zero attached hydrogens (tertiary/aromatic N) is 2. The Morgan fingerprint density at radius 1 is 0.705 bits per heavy atom. The molecule has 2 aliphatic heterocycles. The molecule has 8 aliphatic rings. The number of rotatable bonds is 9. The Morgan fingerprint density at radius 2 is 1.43 bits per heavy atom. The minimum absolute atomic E-state index is 0.124. The molecule has 13 atom stereocenters. The second-order valence-electron chi connectivity index (χ2n) is 24.6. The van der Waals surface area contributed by atoms with Crippen LogP contribution in [0, 0.1) is 79.8 Å². The summed E-state index contributed by atoms with van der Waals surface area (Å²) in [5.41, 5.74) is 0.738. The third-order valence-electron chi connectivity index (χ3n) is 21.3. The number of likely N-dealkylation sites (tertiary alicyclic amines) is 2. The number of fused-ring (bicyclic) bond motifs is 7. The molecule has 0 N–H and O–H groups in total. The van der Waals surface area contributed by atoms with Crippen LogP contribution in [0.15, 0.2) is 30.3 Å². The van der Waals surface area contributed by atoms with Gasteiger partial charge in [0.25, 0.3) is 0 Å². The smallest absolute Gasteiger partial charge is 0.309 e. The number of carbonyl (C=O) groups is 3. The second kappa shape index (κ2) is 15.6. The van der Waals surface area contributed by atoms with Crippen molar-refractivity contribution in [1.82, 2.24) is 9.80 Å². The molecule has 1 aromatic rings. The Morgan fingerprint density at radius 3 is 2.13 bits per heavy atom. The van der Waals surface area contributed by atoms with Crippen LogP contribution in [0.2, 0.25) is 0 Å². The van der Waals surface area contributed by atoms with Crippen molar-refractivity contribution in [1.29, 1.82) is 0 Å². The van der Waals surface area contributed by atoms with Crippen molar-refractivity contribution in [2.24, 2.45) is 79.8 Å². The summed E-state index contributed by atoms with van der Waals surface area (Å²) in [6, 6.07) is 10.2. The molecule has 6 saturated carbocycles. The first-order valence-electron chi connectivity index (χ1n) is 25.3. The first kappa shape index (κ1) is 43.8. The minimum atomic E-state index is -0.501. The molecule has 8 fully saturated rings. The summed E-state index contributed by atoms with van der Waals surface area (Å²) in [5, 5.41) is 0. The predicted molar refractivity (Wildman–Crippen MR) is 241 cm³/mol. The van der Waals surface area contributed by atoms with Crippen molar-refractivity contribution in [3.05, 3.63) is 35.9 Å². The maximum atomic E-state index is 15.4. The van der Waals surface area contributed by atoms with Crippen LogP contribution in [0.25, 0.3) is 0 Å². The molecule has 7 heteroatoms. The van der Waals surface area contributed by atoms with Crippen LogP contribution in [0.4, 0.5) is 0 Å². The van der Waals surface area contributed by atoms with Gasteiger partial charge in [0.05, 0.1) is 17.3 Å². The molecule has 0 radical (unpaired) electrons. The summed E-state index contributed by atoms with van der Waals surface area (Å²) < 4.78 is 12.4. The Labute approximate surface area is 369 Å². The number of carbonyl (C=O) groups excluding carboxylic acids is 3. The number of esters is 2. The highest BCUT2D eigenvalue weighted by molar-refractivity contribution is 5.84. The van der Waals surface area contributed by atoms with E-state index in [1.807, 2.05) is 44.2 Å². The van der Waals surface area contributed by atoms with E-state index in [4.69, 9.17) is 9.47 Å². The fourth-order valence-corrected chi connectivity index (χ4v) is 17.6. The largest absolute Gasteiger partial charge is 0.462 e. The lowest BCUT2D eigenvalue weighted by Gasteiger charge is -2.73. The highest BCUT2D eigenvalue weighted by Gasteiger charge is 2.73. The predicted octanol–water partition coefficient (Wildman–Crippen LogP) is 11.1. The fourth-order valence-electron chi connectivity index (χ4n) is 17.6. The first-order chi connectivity index (χ1) is 28.9. The first-order valence-corrected chi connectivity index (χ1v) is 25.3. The summed E-state index contributed by atoms with van der Waals surface area (Å²) in [6.07, 6.45) is 16.8. The molecule has 0 spiro atoms. The van der Waals surface area contributed by atoms with E-state index >= 15 is 4.79 Å². The Hall–Kier alpha value is -2.41. The normalized spacial score (nSPS) is 43.7. The monoisotopic (exact) mass is 839 g/mol. The van der Waals surface area contributed by atoms with Gasteiger partial charge in [0.15, 0.2) is 0 Å². The molecular formula is C54H82N2O5. The zero-order valence-corrected chi connectivity index (χ0v) is 39.7. The summed E-state index contributed by atoms with van der Waals surface area (Å²) in [5.74, 6) is 3.03. The molecule has 0 aromatic heterocycles. The standard InChI is InChI=1S/C54H82N2O5/c1-35(2)38-21-26-54(48(59)56-31-15-18-37(56)33-55-29-13-14-30-55)28-27-52(8)39(45(38)54)19-20-43-51(7)24-23-44(50(5,6)42(51)22-25-53(43,52)9)61-47(58)41-32-40(49(41,3)4)46(57)60-34-36-16-11-10-12-17-36/h10-12,16-17,35,37-45H,13-15,18-34H2,1-9H3/t37-,38-,39+,40-,41+,42-,43+,44-,45+,51-,52+,53+,54-/m0/s1. The van der Waals surface area contributed by atoms with Gasteiger partial charge in [-0.3, -0.25) is 14.4 Å². The third-order valence-corrected chi connectivity index (χ3v) is 21.3. The lowest BCUT2D eigenvalue weighted by Crippen LogP contribution is -2.68. The molecule has 9 rings (SSSR count). The number of ether oxygens (including phenoxy) is 2. The number of amides is 1. The molecule has 338 valence electrons. The third kappa shape index (κ3) is 6.73. The van der Waals surface area contributed by atoms with Crippen molar-refractivity contribution in [3.8, 4) is 0 Å². The highest BCUT2D eigenvalue weighted by atomic mass is 16.5. The van der Waals surface area contributed by atoms with Gasteiger partial charge in [-0.1, -0.05) is 92.6 Å². The van der Waals surface area contributed by atoms with E-state index in [0.29, 0.717) is 53.9 Å². The van der Waals surface area contributed by atoms with E-state index in [1.165, 1.54) is 77.3 Å². The molecule has 6 aliphatic carbocycles. The van der Waals surface area contributed by atoms with Gasteiger partial charge < -0.3 is 19.3 Å². The van der Waals surface area contributed by atoms with Gasteiger partial charge >= 0.3 is 11.9 Å². The summed E-state index contributed by atoms with van der Waals surface area (Å²) in [4.78, 5) is 47.7. The van der Waals surface area contributed by atoms with E-state index in [-0.39, 0.29) is 63.6 Å². The molecular weight excluding hydrogens is 757 g/mol. The van der Waals surface area contributed by atoms with Crippen LogP contribution in [0.5, 0.6) is 0 Å². The maximum Gasteiger partial charge on any atom is 0.309 e. The summed E-state index contributed by atoms with van der Waals surface area (Å²) in [7, 11) is 0. The summed E-state index contributed by atoms with van der Waals surface area (Å²) >= 11 is 0. The molecule has 0 unspecified atom stereocenters. The highest BCUT2D eigenvalue weighted by Crippen LogP contribution is 2.78. The van der Waals surface area contributed by atoms with Crippen molar-refractivity contribution in [2.75, 3.05) is 26.2 Å².